The second-order valence-electron chi connectivity index (χ2n) is 4.71. The molecule has 84 valence electrons. The molecule has 0 saturated carbocycles. The van der Waals surface area contributed by atoms with Crippen LogP contribution in [0.4, 0.5) is 0 Å². The van der Waals surface area contributed by atoms with Crippen molar-refractivity contribution in [2.24, 2.45) is 0 Å². The number of likely N-dealkylation sites (N-methyl/N-ethyl adjacent to an activating group) is 1. The number of aromatic nitrogens is 2. The Morgan fingerprint density at radius 3 is 2.47 bits per heavy atom. The molecule has 0 radical (unpaired) electrons. The minimum Gasteiger partial charge on any atom is -0.337 e. The number of Topliss-reactive ketones (excluding diaryl/α,β-unsaturated/α-hetero) is 1. The first kappa shape index (κ1) is 12.1. The van der Waals surface area contributed by atoms with Gasteiger partial charge in [-0.2, -0.15) is 0 Å². The zero-order valence-corrected chi connectivity index (χ0v) is 10.4. The van der Waals surface area contributed by atoms with Gasteiger partial charge in [-0.3, -0.25) is 4.79 Å². The van der Waals surface area contributed by atoms with Gasteiger partial charge in [-0.25, -0.2) is 0 Å². The molecule has 0 aliphatic heterocycles. The molecule has 1 heterocycles. The molecule has 0 fully saturated rings. The van der Waals surface area contributed by atoms with E-state index in [2.05, 4.69) is 9.97 Å². The molecule has 0 unspecified atom stereocenters. The number of aromatic amines is 2. The van der Waals surface area contributed by atoms with E-state index in [0.717, 1.165) is 5.69 Å². The number of carbonyl (C=O) groups excluding carboxylic acids is 1. The maximum Gasteiger partial charge on any atom is 0.187 e. The first-order chi connectivity index (χ1) is 6.80. The minimum absolute atomic E-state index is 0.0357. The number of quaternary nitrogens is 1. The van der Waals surface area contributed by atoms with Crippen molar-refractivity contribution in [1.29, 1.82) is 0 Å². The SMILES string of the molecule is CC(=O)[C@H](Cc1c[nH]c(=S)[nH]1)[N+](C)(C)C. The van der Waals surface area contributed by atoms with Crippen LogP contribution in [0.5, 0.6) is 0 Å². The number of ketones is 1. The fraction of sp³-hybridized carbons (Fsp3) is 0.600. The van der Waals surface area contributed by atoms with Crippen LogP contribution >= 0.6 is 12.2 Å². The number of nitrogens with one attached hydrogen (secondary N) is 2. The van der Waals surface area contributed by atoms with Crippen molar-refractivity contribution >= 4 is 18.0 Å². The third-order valence-electron chi connectivity index (χ3n) is 2.47. The summed E-state index contributed by atoms with van der Waals surface area (Å²) in [6.45, 7) is 1.63. The van der Waals surface area contributed by atoms with Crippen molar-refractivity contribution in [2.75, 3.05) is 21.1 Å². The van der Waals surface area contributed by atoms with Gasteiger partial charge < -0.3 is 14.5 Å². The van der Waals surface area contributed by atoms with Crippen LogP contribution in [0, 0.1) is 4.77 Å². The van der Waals surface area contributed by atoms with E-state index in [1.807, 2.05) is 27.3 Å². The van der Waals surface area contributed by atoms with E-state index in [0.29, 0.717) is 15.7 Å². The Bertz CT molecular complexity index is 399. The Morgan fingerprint density at radius 1 is 1.53 bits per heavy atom. The zero-order chi connectivity index (χ0) is 11.6. The lowest BCUT2D eigenvalue weighted by molar-refractivity contribution is -0.886. The average Bonchev–Trinajstić information content (AvgIpc) is 2.44. The Labute approximate surface area is 94.9 Å². The Morgan fingerprint density at radius 2 is 2.13 bits per heavy atom. The van der Waals surface area contributed by atoms with Crippen LogP contribution in [0.25, 0.3) is 0 Å². The number of nitrogens with zero attached hydrogens (tertiary/aromatic N) is 1. The molecule has 1 atom stereocenters. The van der Waals surface area contributed by atoms with Crippen molar-refractivity contribution in [2.45, 2.75) is 19.4 Å². The molecule has 0 amide bonds. The van der Waals surface area contributed by atoms with Crippen LogP contribution in [0.3, 0.4) is 0 Å². The lowest BCUT2D eigenvalue weighted by Gasteiger charge is -2.32. The highest BCUT2D eigenvalue weighted by molar-refractivity contribution is 7.71. The molecular formula is C10H18N3OS+. The van der Waals surface area contributed by atoms with E-state index in [1.54, 1.807) is 6.92 Å². The van der Waals surface area contributed by atoms with Gasteiger partial charge in [-0.15, -0.1) is 0 Å². The summed E-state index contributed by atoms with van der Waals surface area (Å²) in [5, 5.41) is 0. The quantitative estimate of drug-likeness (QED) is 0.602. The minimum atomic E-state index is -0.0357. The Balaban J connectivity index is 2.85. The van der Waals surface area contributed by atoms with E-state index in [9.17, 15) is 4.79 Å². The van der Waals surface area contributed by atoms with Crippen molar-refractivity contribution < 1.29 is 9.28 Å². The van der Waals surface area contributed by atoms with Crippen LogP contribution in [0.1, 0.15) is 12.6 Å². The maximum absolute atomic E-state index is 11.5. The molecule has 5 heteroatoms. The van der Waals surface area contributed by atoms with Gasteiger partial charge in [0.05, 0.1) is 21.1 Å². The summed E-state index contributed by atoms with van der Waals surface area (Å²) in [5.41, 5.74) is 0.980. The van der Waals surface area contributed by atoms with Gasteiger partial charge in [0.15, 0.2) is 16.6 Å². The molecule has 4 nitrogen and oxygen atoms in total. The predicted octanol–water partition coefficient (Wildman–Crippen LogP) is 1.28. The summed E-state index contributed by atoms with van der Waals surface area (Å²) in [5.74, 6) is 0.197. The smallest absolute Gasteiger partial charge is 0.187 e. The molecule has 1 aromatic rings. The number of hydrogen-bond acceptors (Lipinski definition) is 2. The molecular weight excluding hydrogens is 210 g/mol. The summed E-state index contributed by atoms with van der Waals surface area (Å²) in [6, 6.07) is -0.0357. The van der Waals surface area contributed by atoms with Crippen LogP contribution in [-0.2, 0) is 11.2 Å². The van der Waals surface area contributed by atoms with E-state index in [-0.39, 0.29) is 11.8 Å². The van der Waals surface area contributed by atoms with Crippen molar-refractivity contribution in [3.8, 4) is 0 Å². The number of hydrogen-bond donors (Lipinski definition) is 2. The van der Waals surface area contributed by atoms with E-state index < -0.39 is 0 Å². The second kappa shape index (κ2) is 4.28. The van der Waals surface area contributed by atoms with Crippen molar-refractivity contribution in [1.82, 2.24) is 9.97 Å². The lowest BCUT2D eigenvalue weighted by Crippen LogP contribution is -2.50. The number of H-pyrrole nitrogens is 2. The largest absolute Gasteiger partial charge is 0.337 e. The van der Waals surface area contributed by atoms with Crippen molar-refractivity contribution in [3.05, 3.63) is 16.7 Å². The topological polar surface area (TPSA) is 48.6 Å². The van der Waals surface area contributed by atoms with Gasteiger partial charge in [0, 0.05) is 25.2 Å². The molecule has 0 spiro atoms. The molecule has 1 rings (SSSR count). The maximum atomic E-state index is 11.5. The fourth-order valence-corrected chi connectivity index (χ4v) is 1.84. The molecule has 0 aliphatic rings. The van der Waals surface area contributed by atoms with Gasteiger partial charge >= 0.3 is 0 Å². The van der Waals surface area contributed by atoms with Gasteiger partial charge in [0.2, 0.25) is 0 Å². The van der Waals surface area contributed by atoms with Crippen LogP contribution in [0.2, 0.25) is 0 Å². The summed E-state index contributed by atoms with van der Waals surface area (Å²) in [7, 11) is 6.06. The third kappa shape index (κ3) is 3.28. The number of imidazole rings is 1. The van der Waals surface area contributed by atoms with Gasteiger partial charge in [-0.05, 0) is 12.2 Å². The highest BCUT2D eigenvalue weighted by Crippen LogP contribution is 2.10. The second-order valence-corrected chi connectivity index (χ2v) is 5.12. The highest BCUT2D eigenvalue weighted by atomic mass is 32.1. The third-order valence-corrected chi connectivity index (χ3v) is 2.69. The fourth-order valence-electron chi connectivity index (χ4n) is 1.65. The molecule has 15 heavy (non-hydrogen) atoms. The predicted molar refractivity (Wildman–Crippen MR) is 62.2 cm³/mol. The number of carbonyl (C=O) groups is 1. The highest BCUT2D eigenvalue weighted by Gasteiger charge is 2.28. The van der Waals surface area contributed by atoms with E-state index in [4.69, 9.17) is 12.2 Å². The van der Waals surface area contributed by atoms with Crippen LogP contribution in [-0.4, -0.2) is 47.4 Å². The van der Waals surface area contributed by atoms with E-state index in [1.165, 1.54) is 0 Å². The van der Waals surface area contributed by atoms with Crippen molar-refractivity contribution in [3.63, 3.8) is 0 Å². The molecule has 1 aromatic heterocycles. The monoisotopic (exact) mass is 228 g/mol. The summed E-state index contributed by atoms with van der Waals surface area (Å²) in [4.78, 5) is 17.5. The van der Waals surface area contributed by atoms with E-state index >= 15 is 0 Å². The summed E-state index contributed by atoms with van der Waals surface area (Å²) < 4.78 is 1.23. The zero-order valence-electron chi connectivity index (χ0n) is 9.63. The van der Waals surface area contributed by atoms with Gasteiger partial charge in [0.1, 0.15) is 0 Å². The van der Waals surface area contributed by atoms with Gasteiger partial charge in [0.25, 0.3) is 0 Å². The first-order valence-electron chi connectivity index (χ1n) is 4.89. The van der Waals surface area contributed by atoms with Gasteiger partial charge in [-0.1, -0.05) is 0 Å². The lowest BCUT2D eigenvalue weighted by atomic mass is 10.1. The average molecular weight is 228 g/mol. The number of rotatable bonds is 4. The normalized spacial score (nSPS) is 13.9. The van der Waals surface area contributed by atoms with Crippen LogP contribution in [0.15, 0.2) is 6.20 Å². The molecule has 0 aliphatic carbocycles. The first-order valence-corrected chi connectivity index (χ1v) is 5.29. The Kier molecular flexibility index (Phi) is 3.46. The molecule has 0 aromatic carbocycles. The molecule has 2 N–H and O–H groups in total. The summed E-state index contributed by atoms with van der Waals surface area (Å²) in [6.07, 6.45) is 2.51. The van der Waals surface area contributed by atoms with Crippen LogP contribution < -0.4 is 0 Å². The molecule has 0 saturated heterocycles. The summed E-state index contributed by atoms with van der Waals surface area (Å²) >= 11 is 4.94. The Hall–Kier alpha value is -0.940. The standard InChI is InChI=1S/C10H17N3OS/c1-7(14)9(13(2,3)4)5-8-6-11-10(15)12-8/h6,9H,5H2,1-4H3,(H-,11,12,15)/p+1/t9-/m0/s1. The molecule has 0 bridgehead atoms.